The van der Waals surface area contributed by atoms with Gasteiger partial charge < -0.3 is 19.5 Å². The summed E-state index contributed by atoms with van der Waals surface area (Å²) in [5.41, 5.74) is 2.50. The van der Waals surface area contributed by atoms with Crippen LogP contribution in [0.5, 0.6) is 5.75 Å². The highest BCUT2D eigenvalue weighted by Crippen LogP contribution is 2.66. The Balaban J connectivity index is 1.14. The van der Waals surface area contributed by atoms with Gasteiger partial charge in [-0.2, -0.15) is 0 Å². The summed E-state index contributed by atoms with van der Waals surface area (Å²) < 4.78 is 14.3. The number of aromatic nitrogens is 3. The topological polar surface area (TPSA) is 191 Å². The standard InChI is InChI=1S/C57H49N7O9/c65-43-29-25-41(26-30-43)52-57(48(53(66)60-32-12-2-1-3-13-33-60)50-54(67)73-51(40-18-8-5-9-19-40)49(63(50)52)39-16-6-4-7-17-39)44-35-37(15-14-34-61-47-21-11-10-20-45(47)58-59-61)24-31-46(44)62(55(57)68)56(69)72-36-38-22-27-42(28-23-38)64(70)71/h4-11,16-31,35,48-52,65H,1-3,12-13,32-34,36H2/t48-,49-,50-,51+,52+,57-/m0/s1. The summed E-state index contributed by atoms with van der Waals surface area (Å²) >= 11 is 0. The molecule has 7 aromatic rings. The second kappa shape index (κ2) is 19.5. The van der Waals surface area contributed by atoms with Crippen LogP contribution in [-0.2, 0) is 42.4 Å². The zero-order chi connectivity index (χ0) is 50.2. The highest BCUT2D eigenvalue weighted by molar-refractivity contribution is 6.23. The van der Waals surface area contributed by atoms with Gasteiger partial charge in [0, 0.05) is 30.8 Å². The van der Waals surface area contributed by atoms with Gasteiger partial charge >= 0.3 is 12.1 Å². The molecule has 1 aromatic heterocycles. The molecule has 4 aliphatic rings. The number of carbonyl (C=O) groups excluding carboxylic acids is 4. The number of fused-ring (bicyclic) bond motifs is 4. The van der Waals surface area contributed by atoms with Gasteiger partial charge in [-0.3, -0.25) is 29.4 Å². The molecule has 6 aromatic carbocycles. The number of phenolic OH excluding ortho intramolecular Hbond substituents is 1. The third kappa shape index (κ3) is 8.30. The molecule has 0 radical (unpaired) electrons. The molecule has 73 heavy (non-hydrogen) atoms. The summed E-state index contributed by atoms with van der Waals surface area (Å²) in [5.74, 6) is 2.99. The van der Waals surface area contributed by atoms with Crippen molar-refractivity contribution < 1.29 is 38.7 Å². The van der Waals surface area contributed by atoms with E-state index in [1.54, 1.807) is 39.9 Å². The van der Waals surface area contributed by atoms with Crippen LogP contribution < -0.4 is 4.90 Å². The van der Waals surface area contributed by atoms with Crippen molar-refractivity contribution in [3.05, 3.63) is 195 Å². The average molecular weight is 976 g/mol. The molecular weight excluding hydrogens is 927 g/mol. The largest absolute Gasteiger partial charge is 0.508 e. The lowest BCUT2D eigenvalue weighted by Crippen LogP contribution is -2.56. The number of nitro benzene ring substituents is 1. The van der Waals surface area contributed by atoms with Crippen LogP contribution in [0.3, 0.4) is 0 Å². The first-order valence-electron chi connectivity index (χ1n) is 24.5. The third-order valence-electron chi connectivity index (χ3n) is 14.7. The third-order valence-corrected chi connectivity index (χ3v) is 14.7. The van der Waals surface area contributed by atoms with E-state index in [9.17, 15) is 20.0 Å². The molecule has 11 rings (SSSR count). The summed E-state index contributed by atoms with van der Waals surface area (Å²) in [4.78, 5) is 79.0. The maximum absolute atomic E-state index is 16.7. The SMILES string of the molecule is O=C1O[C@H](c2ccccc2)[C@H](c2ccccc2)N2[C@H]1[C@@H](C(=O)N1CCCCCCC1)[C@]1(C(=O)N(C(=O)OCc3ccc([N+](=O)[O-])cc3)c3ccc(C#CCn4nnc5ccccc54)cc31)[C@H]2c1ccc(O)cc1. The Kier molecular flexibility index (Phi) is 12.5. The number of non-ortho nitro benzene ring substituents is 1. The Morgan fingerprint density at radius 3 is 2.16 bits per heavy atom. The molecule has 0 unspecified atom stereocenters. The number of hydrogen-bond donors (Lipinski definition) is 1. The number of amides is 3. The van der Waals surface area contributed by atoms with Crippen LogP contribution in [-0.4, -0.2) is 77.8 Å². The minimum absolute atomic E-state index is 0.0484. The lowest BCUT2D eigenvalue weighted by molar-refractivity contribution is -0.384. The van der Waals surface area contributed by atoms with Gasteiger partial charge in [-0.05, 0) is 95.3 Å². The molecule has 16 nitrogen and oxygen atoms in total. The molecule has 1 spiro atoms. The number of rotatable bonds is 8. The fraction of sp³-hybridized carbons (Fsp3) is 0.263. The van der Waals surface area contributed by atoms with Crippen molar-refractivity contribution >= 4 is 46.3 Å². The number of aromatic hydroxyl groups is 1. The minimum Gasteiger partial charge on any atom is -0.508 e. The van der Waals surface area contributed by atoms with E-state index < -0.39 is 64.4 Å². The highest BCUT2D eigenvalue weighted by Gasteiger charge is 2.76. The van der Waals surface area contributed by atoms with Crippen molar-refractivity contribution in [2.75, 3.05) is 18.0 Å². The van der Waals surface area contributed by atoms with E-state index in [-0.39, 0.29) is 35.8 Å². The van der Waals surface area contributed by atoms with Crippen molar-refractivity contribution in [1.82, 2.24) is 24.8 Å². The van der Waals surface area contributed by atoms with Gasteiger partial charge in [0.05, 0.1) is 34.1 Å². The molecule has 0 saturated carbocycles. The number of hydrogen-bond acceptors (Lipinski definition) is 12. The predicted molar refractivity (Wildman–Crippen MR) is 267 cm³/mol. The number of nitrogens with zero attached hydrogens (tertiary/aromatic N) is 7. The van der Waals surface area contributed by atoms with Crippen molar-refractivity contribution in [2.45, 2.75) is 74.9 Å². The van der Waals surface area contributed by atoms with Gasteiger partial charge in [-0.1, -0.05) is 121 Å². The molecule has 6 atom stereocenters. The smallest absolute Gasteiger partial charge is 0.421 e. The van der Waals surface area contributed by atoms with Crippen molar-refractivity contribution in [1.29, 1.82) is 0 Å². The number of ether oxygens (including phenoxy) is 2. The second-order valence-corrected chi connectivity index (χ2v) is 18.8. The number of morpholine rings is 1. The molecule has 3 amide bonds. The van der Waals surface area contributed by atoms with Gasteiger partial charge in [0.15, 0.2) is 0 Å². The van der Waals surface area contributed by atoms with Crippen molar-refractivity contribution in [3.8, 4) is 17.6 Å². The highest BCUT2D eigenvalue weighted by atomic mass is 16.6. The molecule has 16 heteroatoms. The number of cyclic esters (lactones) is 1. The molecule has 366 valence electrons. The number of carbonyl (C=O) groups is 4. The van der Waals surface area contributed by atoms with E-state index >= 15 is 14.4 Å². The Labute approximate surface area is 419 Å². The van der Waals surface area contributed by atoms with Gasteiger partial charge in [0.25, 0.3) is 5.69 Å². The maximum Gasteiger partial charge on any atom is 0.421 e. The van der Waals surface area contributed by atoms with Gasteiger partial charge in [-0.15, -0.1) is 5.10 Å². The zero-order valence-electron chi connectivity index (χ0n) is 39.5. The van der Waals surface area contributed by atoms with Gasteiger partial charge in [0.2, 0.25) is 11.8 Å². The van der Waals surface area contributed by atoms with Crippen LogP contribution in [0.4, 0.5) is 16.2 Å². The Morgan fingerprint density at radius 1 is 0.781 bits per heavy atom. The van der Waals surface area contributed by atoms with E-state index in [4.69, 9.17) is 9.47 Å². The minimum atomic E-state index is -2.06. The number of anilines is 1. The summed E-state index contributed by atoms with van der Waals surface area (Å²) in [5, 5.41) is 30.9. The van der Waals surface area contributed by atoms with E-state index in [0.717, 1.165) is 35.2 Å². The van der Waals surface area contributed by atoms with Gasteiger partial charge in [0.1, 0.15) is 42.0 Å². The van der Waals surface area contributed by atoms with Crippen LogP contribution in [0, 0.1) is 27.9 Å². The van der Waals surface area contributed by atoms with Crippen LogP contribution in [0.25, 0.3) is 11.0 Å². The zero-order valence-corrected chi connectivity index (χ0v) is 39.5. The predicted octanol–water partition coefficient (Wildman–Crippen LogP) is 8.89. The normalized spacial score (nSPS) is 22.7. The van der Waals surface area contributed by atoms with E-state index in [1.807, 2.05) is 89.8 Å². The lowest BCUT2D eigenvalue weighted by atomic mass is 9.64. The number of imide groups is 1. The first kappa shape index (κ1) is 46.7. The monoisotopic (exact) mass is 975 g/mol. The number of phenols is 1. The Hall–Kier alpha value is -8.68. The van der Waals surface area contributed by atoms with Crippen molar-refractivity contribution in [2.24, 2.45) is 5.92 Å². The fourth-order valence-corrected chi connectivity index (χ4v) is 11.4. The summed E-state index contributed by atoms with van der Waals surface area (Å²) in [7, 11) is 0. The molecule has 1 N–H and O–H groups in total. The van der Waals surface area contributed by atoms with E-state index in [0.29, 0.717) is 53.7 Å². The fourth-order valence-electron chi connectivity index (χ4n) is 11.4. The number of para-hydroxylation sites is 1. The molecule has 3 saturated heterocycles. The number of esters is 1. The van der Waals surface area contributed by atoms with Crippen molar-refractivity contribution in [3.63, 3.8) is 0 Å². The number of nitro groups is 1. The van der Waals surface area contributed by atoms with Crippen LogP contribution in [0.2, 0.25) is 0 Å². The molecule has 5 heterocycles. The van der Waals surface area contributed by atoms with Gasteiger partial charge in [-0.25, -0.2) is 14.4 Å². The second-order valence-electron chi connectivity index (χ2n) is 18.8. The maximum atomic E-state index is 16.7. The Bertz CT molecular complexity index is 3310. The molecule has 4 aliphatic heterocycles. The summed E-state index contributed by atoms with van der Waals surface area (Å²) in [6.07, 6.45) is 2.23. The van der Waals surface area contributed by atoms with Crippen LogP contribution in [0.1, 0.15) is 83.7 Å². The molecule has 3 fully saturated rings. The van der Waals surface area contributed by atoms with Crippen LogP contribution >= 0.6 is 0 Å². The first-order chi connectivity index (χ1) is 35.6. The van der Waals surface area contributed by atoms with E-state index in [1.165, 1.54) is 36.4 Å². The lowest BCUT2D eigenvalue weighted by Gasteiger charge is -2.46. The van der Waals surface area contributed by atoms with Crippen LogP contribution in [0.15, 0.2) is 152 Å². The Morgan fingerprint density at radius 2 is 1.45 bits per heavy atom. The van der Waals surface area contributed by atoms with E-state index in [2.05, 4.69) is 22.2 Å². The number of benzene rings is 6. The number of likely N-dealkylation sites (tertiary alicyclic amines) is 1. The molecule has 0 bridgehead atoms. The molecular formula is C57H49N7O9. The molecule has 0 aliphatic carbocycles. The first-order valence-corrected chi connectivity index (χ1v) is 24.5. The quantitative estimate of drug-likeness (QED) is 0.0660. The average Bonchev–Trinajstić information content (AvgIpc) is 4.07. The summed E-state index contributed by atoms with van der Waals surface area (Å²) in [6.45, 7) is 0.583. The summed E-state index contributed by atoms with van der Waals surface area (Å²) in [6, 6.07) is 40.0.